The number of carboxylic acid groups (broad SMARTS) is 1. The normalized spacial score (nSPS) is 29.6. The lowest BCUT2D eigenvalue weighted by molar-refractivity contribution is -0.225. The van der Waals surface area contributed by atoms with Crippen molar-refractivity contribution in [3.05, 3.63) is 35.9 Å². The van der Waals surface area contributed by atoms with Gasteiger partial charge in [0, 0.05) is 23.3 Å². The Morgan fingerprint density at radius 2 is 1.87 bits per heavy atom. The molecule has 334 valence electrons. The molecule has 2 saturated carbocycles. The molecule has 20 heteroatoms. The van der Waals surface area contributed by atoms with Gasteiger partial charge in [0.1, 0.15) is 35.0 Å². The molecule has 1 saturated heterocycles. The molecule has 7 atom stereocenters. The molecule has 4 amide bonds. The van der Waals surface area contributed by atoms with Crippen LogP contribution in [0.5, 0.6) is 17.5 Å². The molecule has 0 radical (unpaired) electrons. The van der Waals surface area contributed by atoms with Crippen LogP contribution in [-0.4, -0.2) is 125 Å². The van der Waals surface area contributed by atoms with Gasteiger partial charge in [-0.05, 0) is 103 Å². The van der Waals surface area contributed by atoms with Crippen LogP contribution < -0.4 is 24.2 Å². The number of nitrogens with zero attached hydrogens (tertiary/aromatic N) is 3. The number of carbonyl (C=O) groups is 4. The van der Waals surface area contributed by atoms with E-state index >= 15 is 4.79 Å². The Labute approximate surface area is 351 Å². The molecule has 5 aliphatic rings. The summed E-state index contributed by atoms with van der Waals surface area (Å²) in [5.74, 6) is -2.78. The Balaban J connectivity index is 1.31. The molecule has 4 heterocycles. The molecule has 3 fully saturated rings. The van der Waals surface area contributed by atoms with Gasteiger partial charge in [0.05, 0.1) is 37.2 Å². The number of aromatic nitrogens is 1. The lowest BCUT2D eigenvalue weighted by atomic mass is 9.96. The smallest absolute Gasteiger partial charge is 0.411 e. The molecule has 7 rings (SSSR count). The third-order valence-electron chi connectivity index (χ3n) is 12.8. The first-order valence-corrected chi connectivity index (χ1v) is 21.9. The monoisotopic (exact) mass is 879 g/mol. The van der Waals surface area contributed by atoms with Crippen molar-refractivity contribution < 1.29 is 64.8 Å². The van der Waals surface area contributed by atoms with Crippen LogP contribution in [0.25, 0.3) is 10.8 Å². The maximum Gasteiger partial charge on any atom is 0.411 e. The zero-order valence-electron chi connectivity index (χ0n) is 34.8. The second kappa shape index (κ2) is 15.8. The van der Waals surface area contributed by atoms with Crippen molar-refractivity contribution in [2.45, 2.75) is 138 Å². The van der Waals surface area contributed by atoms with Gasteiger partial charge in [0.15, 0.2) is 0 Å². The second-order valence-electron chi connectivity index (χ2n) is 17.5. The predicted molar refractivity (Wildman–Crippen MR) is 212 cm³/mol. The van der Waals surface area contributed by atoms with Crippen LogP contribution in [-0.2, 0) is 35.6 Å². The van der Waals surface area contributed by atoms with Gasteiger partial charge in [-0.15, -0.1) is 0 Å². The Hall–Kier alpha value is -4.85. The highest BCUT2D eigenvalue weighted by molar-refractivity contribution is 7.91. The molecule has 61 heavy (non-hydrogen) atoms. The van der Waals surface area contributed by atoms with Gasteiger partial charge >= 0.3 is 12.3 Å². The van der Waals surface area contributed by atoms with Crippen molar-refractivity contribution in [2.24, 2.45) is 5.92 Å². The molecule has 0 unspecified atom stereocenters. The first kappa shape index (κ1) is 44.2. The number of benzene rings is 1. The lowest BCUT2D eigenvalue weighted by Crippen LogP contribution is -2.67. The first-order chi connectivity index (χ1) is 28.5. The van der Waals surface area contributed by atoms with E-state index in [9.17, 15) is 41.1 Å². The molecule has 3 N–H and O–H groups in total. The summed E-state index contributed by atoms with van der Waals surface area (Å²) in [4.78, 5) is 62.3. The van der Waals surface area contributed by atoms with Crippen molar-refractivity contribution in [3.8, 4) is 17.5 Å². The molecule has 1 aromatic carbocycles. The number of sulfonamides is 1. The average molecular weight is 880 g/mol. The van der Waals surface area contributed by atoms with Crippen LogP contribution in [0.2, 0.25) is 0 Å². The number of nitrogens with one attached hydrogen (secondary N) is 2. The van der Waals surface area contributed by atoms with Crippen LogP contribution in [0.1, 0.15) is 85.1 Å². The number of pyridine rings is 1. The summed E-state index contributed by atoms with van der Waals surface area (Å²) in [5.41, 5.74) is -4.06. The van der Waals surface area contributed by atoms with E-state index in [4.69, 9.17) is 18.9 Å². The number of carbonyl (C=O) groups excluding carboxylic acids is 3. The Bertz CT molecular complexity index is 2250. The Morgan fingerprint density at radius 1 is 1.15 bits per heavy atom. The molecule has 3 aliphatic heterocycles. The van der Waals surface area contributed by atoms with Crippen LogP contribution in [0.4, 0.5) is 18.0 Å². The fourth-order valence-corrected chi connectivity index (χ4v) is 9.83. The van der Waals surface area contributed by atoms with E-state index < -0.39 is 98.7 Å². The molecule has 2 aliphatic carbocycles. The number of hydrogen-bond donors (Lipinski definition) is 3. The van der Waals surface area contributed by atoms with Crippen LogP contribution in [0, 0.1) is 5.92 Å². The SMILES string of the molecule is COc1ccc2c(O[C@@H]3C[C@H]4C(=O)N[C@]5(C(=O)NS(=O)(=O)C6(C)CC6)C[C@H]5/C=C\CC[C@@H](C)O[C@@H](C)[C@H](N(C(=O)O)C(C)(C)C(F)(F)F)C(=O)N4C3)nc3c(c2c1)CCCO3. The molecule has 1 aromatic heterocycles. The van der Waals surface area contributed by atoms with E-state index in [-0.39, 0.29) is 30.0 Å². The average Bonchev–Trinajstić information content (AvgIpc) is 4.07. The molecule has 16 nitrogen and oxygen atoms in total. The maximum atomic E-state index is 15.0. The zero-order valence-corrected chi connectivity index (χ0v) is 35.7. The standard InChI is InChI=1S/C41H52F3N5O11S/c1-22-10-7-8-11-24-20-40(24,36(52)47-61(55,56)39(5)15-16-39)46-32(50)30-19-26(60-34-28-14-13-25(57-6)18-29(28)27-12-9-17-58-33(27)45-34)21-48(30)35(51)31(23(2)59-22)49(37(53)54)38(3,4)41(42,43)44/h8,11,13-14,18,22-24,26,30-31H,7,9-10,12,15-17,19-21H2,1-6H3,(H,46,50)(H,47,52)(H,53,54)/b11-8-/t22-,23+,24-,26-,30+,31+,40-/m1/s1. The minimum absolute atomic E-state index is 0.0146. The number of halogens is 3. The van der Waals surface area contributed by atoms with Crippen molar-refractivity contribution in [2.75, 3.05) is 20.3 Å². The van der Waals surface area contributed by atoms with Gasteiger partial charge in [-0.2, -0.15) is 18.2 Å². The van der Waals surface area contributed by atoms with Gasteiger partial charge in [-0.25, -0.2) is 13.2 Å². The van der Waals surface area contributed by atoms with E-state index in [1.165, 1.54) is 21.0 Å². The number of hydrogen-bond acceptors (Lipinski definition) is 11. The van der Waals surface area contributed by atoms with E-state index in [0.717, 1.165) is 22.3 Å². The number of methoxy groups -OCH3 is 1. The van der Waals surface area contributed by atoms with Crippen LogP contribution in [0.3, 0.4) is 0 Å². The van der Waals surface area contributed by atoms with Crippen molar-refractivity contribution in [3.63, 3.8) is 0 Å². The van der Waals surface area contributed by atoms with Gasteiger partial charge < -0.3 is 34.3 Å². The van der Waals surface area contributed by atoms with E-state index in [2.05, 4.69) is 15.0 Å². The minimum atomic E-state index is -5.16. The summed E-state index contributed by atoms with van der Waals surface area (Å²) in [6.45, 7) is 5.69. The predicted octanol–water partition coefficient (Wildman–Crippen LogP) is 4.62. The van der Waals surface area contributed by atoms with Crippen LogP contribution >= 0.6 is 0 Å². The topological polar surface area (TPSA) is 203 Å². The summed E-state index contributed by atoms with van der Waals surface area (Å²) in [7, 11) is -2.63. The molecule has 0 bridgehead atoms. The third-order valence-corrected chi connectivity index (χ3v) is 15.0. The fraction of sp³-hybridized carbons (Fsp3) is 0.634. The van der Waals surface area contributed by atoms with Crippen molar-refractivity contribution in [1.29, 1.82) is 0 Å². The summed E-state index contributed by atoms with van der Waals surface area (Å²) in [6.07, 6.45) is -4.60. The molecule has 2 aromatic rings. The number of alkyl halides is 3. The van der Waals surface area contributed by atoms with E-state index in [1.54, 1.807) is 37.3 Å². The fourth-order valence-electron chi connectivity index (χ4n) is 8.52. The quantitative estimate of drug-likeness (QED) is 0.311. The molecular formula is C41H52F3N5O11S. The van der Waals surface area contributed by atoms with Gasteiger partial charge in [-0.1, -0.05) is 12.2 Å². The zero-order chi connectivity index (χ0) is 44.4. The minimum Gasteiger partial charge on any atom is -0.497 e. The second-order valence-corrected chi connectivity index (χ2v) is 19.7. The third kappa shape index (κ3) is 8.16. The van der Waals surface area contributed by atoms with Gasteiger partial charge in [0.2, 0.25) is 33.6 Å². The van der Waals surface area contributed by atoms with E-state index in [0.29, 0.717) is 63.2 Å². The van der Waals surface area contributed by atoms with Crippen LogP contribution in [0.15, 0.2) is 30.4 Å². The number of amides is 4. The summed E-state index contributed by atoms with van der Waals surface area (Å²) in [6, 6.07) is 1.55. The Kier molecular flexibility index (Phi) is 11.5. The highest BCUT2D eigenvalue weighted by atomic mass is 32.2. The number of allylic oxidation sites excluding steroid dienone is 1. The van der Waals surface area contributed by atoms with Gasteiger partial charge in [0.25, 0.3) is 5.91 Å². The lowest BCUT2D eigenvalue weighted by Gasteiger charge is -2.45. The number of aryl methyl sites for hydroxylation is 1. The van der Waals surface area contributed by atoms with Crippen molar-refractivity contribution in [1.82, 2.24) is 24.8 Å². The highest BCUT2D eigenvalue weighted by Gasteiger charge is 2.64. The highest BCUT2D eigenvalue weighted by Crippen LogP contribution is 2.48. The number of fused-ring (bicyclic) bond motifs is 5. The number of ether oxygens (including phenoxy) is 4. The Morgan fingerprint density at radius 3 is 2.52 bits per heavy atom. The molecular weight excluding hydrogens is 828 g/mol. The summed E-state index contributed by atoms with van der Waals surface area (Å²) in [5, 5.41) is 14.5. The summed E-state index contributed by atoms with van der Waals surface area (Å²) >= 11 is 0. The maximum absolute atomic E-state index is 15.0. The largest absolute Gasteiger partial charge is 0.497 e. The van der Waals surface area contributed by atoms with Crippen molar-refractivity contribution >= 4 is 44.6 Å². The number of rotatable bonds is 8. The summed E-state index contributed by atoms with van der Waals surface area (Å²) < 4.78 is 95.7. The molecule has 0 spiro atoms. The van der Waals surface area contributed by atoms with Gasteiger partial charge in [-0.3, -0.25) is 24.0 Å². The van der Waals surface area contributed by atoms with E-state index in [1.807, 2.05) is 0 Å². The first-order valence-electron chi connectivity index (χ1n) is 20.4.